The van der Waals surface area contributed by atoms with E-state index in [-0.39, 0.29) is 0 Å². The lowest BCUT2D eigenvalue weighted by Gasteiger charge is -2.03. The van der Waals surface area contributed by atoms with Crippen molar-refractivity contribution in [2.75, 3.05) is 39.5 Å². The zero-order valence-corrected chi connectivity index (χ0v) is 7.69. The molecule has 0 aliphatic rings. The van der Waals surface area contributed by atoms with Crippen molar-refractivity contribution < 1.29 is 9.47 Å². The van der Waals surface area contributed by atoms with Crippen LogP contribution in [-0.4, -0.2) is 39.5 Å². The monoisotopic (exact) mass is 188 g/mol. The number of nitrogens with two attached hydrogens (primary N) is 1. The largest absolute Gasteiger partial charge is 0.379 e. The molecule has 0 saturated carbocycles. The molecule has 0 spiro atoms. The minimum absolute atomic E-state index is 0.374. The van der Waals surface area contributed by atoms with Crippen LogP contribution in [0.25, 0.3) is 10.4 Å². The molecule has 0 atom stereocenters. The highest BCUT2D eigenvalue weighted by atomic mass is 16.5. The van der Waals surface area contributed by atoms with E-state index in [1.165, 1.54) is 0 Å². The van der Waals surface area contributed by atoms with Crippen molar-refractivity contribution in [2.45, 2.75) is 6.42 Å². The van der Waals surface area contributed by atoms with Gasteiger partial charge in [0.25, 0.3) is 0 Å². The Morgan fingerprint density at radius 1 is 1.15 bits per heavy atom. The van der Waals surface area contributed by atoms with Gasteiger partial charge in [0, 0.05) is 18.1 Å². The summed E-state index contributed by atoms with van der Waals surface area (Å²) < 4.78 is 10.3. The molecule has 2 N–H and O–H groups in total. The van der Waals surface area contributed by atoms with Crippen LogP contribution in [0.4, 0.5) is 0 Å². The third-order valence-electron chi connectivity index (χ3n) is 1.26. The van der Waals surface area contributed by atoms with Gasteiger partial charge in [-0.05, 0) is 18.5 Å². The molecule has 76 valence electrons. The van der Waals surface area contributed by atoms with Crippen LogP contribution in [0.15, 0.2) is 5.11 Å². The van der Waals surface area contributed by atoms with E-state index < -0.39 is 0 Å². The summed E-state index contributed by atoms with van der Waals surface area (Å²) in [5, 5.41) is 3.32. The first-order valence-corrected chi connectivity index (χ1v) is 4.28. The van der Waals surface area contributed by atoms with E-state index in [4.69, 9.17) is 20.7 Å². The summed E-state index contributed by atoms with van der Waals surface area (Å²) >= 11 is 0. The topological polar surface area (TPSA) is 93.2 Å². The first-order valence-electron chi connectivity index (χ1n) is 4.28. The number of ether oxygens (including phenoxy) is 2. The van der Waals surface area contributed by atoms with Gasteiger partial charge in [-0.2, -0.15) is 0 Å². The predicted molar refractivity (Wildman–Crippen MR) is 49.3 cm³/mol. The van der Waals surface area contributed by atoms with E-state index in [0.717, 1.165) is 6.42 Å². The molecule has 0 aromatic rings. The van der Waals surface area contributed by atoms with Crippen LogP contribution in [-0.2, 0) is 9.47 Å². The van der Waals surface area contributed by atoms with Crippen LogP contribution < -0.4 is 5.73 Å². The zero-order chi connectivity index (χ0) is 9.78. The summed E-state index contributed by atoms with van der Waals surface area (Å²) in [5.41, 5.74) is 13.2. The van der Waals surface area contributed by atoms with Gasteiger partial charge in [0.2, 0.25) is 0 Å². The Kier molecular flexibility index (Phi) is 10.5. The smallest absolute Gasteiger partial charge is 0.0700 e. The third kappa shape index (κ3) is 11.2. The first kappa shape index (κ1) is 12.2. The van der Waals surface area contributed by atoms with Crippen molar-refractivity contribution in [2.24, 2.45) is 10.8 Å². The summed E-state index contributed by atoms with van der Waals surface area (Å²) in [7, 11) is 0. The van der Waals surface area contributed by atoms with Crippen molar-refractivity contribution in [3.8, 4) is 0 Å². The minimum Gasteiger partial charge on any atom is -0.379 e. The highest BCUT2D eigenvalue weighted by molar-refractivity contribution is 4.44. The Labute approximate surface area is 77.6 Å². The Hall–Kier alpha value is -0.810. The number of azide groups is 1. The quantitative estimate of drug-likeness (QED) is 0.249. The van der Waals surface area contributed by atoms with Crippen LogP contribution in [0.3, 0.4) is 0 Å². The lowest BCUT2D eigenvalue weighted by Crippen LogP contribution is -2.09. The fourth-order valence-electron chi connectivity index (χ4n) is 0.657. The van der Waals surface area contributed by atoms with Gasteiger partial charge in [0.15, 0.2) is 0 Å². The average molecular weight is 188 g/mol. The molecule has 0 radical (unpaired) electrons. The van der Waals surface area contributed by atoms with Gasteiger partial charge in [-0.25, -0.2) is 0 Å². The lowest BCUT2D eigenvalue weighted by atomic mass is 10.5. The minimum atomic E-state index is 0.374. The van der Waals surface area contributed by atoms with E-state index in [1.807, 2.05) is 0 Å². The van der Waals surface area contributed by atoms with Crippen LogP contribution in [0.2, 0.25) is 0 Å². The second-order valence-electron chi connectivity index (χ2n) is 2.32. The number of nitrogens with zero attached hydrogens (tertiary/aromatic N) is 3. The van der Waals surface area contributed by atoms with E-state index in [2.05, 4.69) is 10.0 Å². The van der Waals surface area contributed by atoms with Gasteiger partial charge in [0.1, 0.15) is 0 Å². The highest BCUT2D eigenvalue weighted by Gasteiger charge is 1.88. The van der Waals surface area contributed by atoms with Crippen molar-refractivity contribution >= 4 is 0 Å². The number of rotatable bonds is 9. The molecule has 0 aliphatic carbocycles. The molecule has 0 aliphatic heterocycles. The van der Waals surface area contributed by atoms with Gasteiger partial charge in [-0.15, -0.1) is 0 Å². The Balaban J connectivity index is 2.87. The van der Waals surface area contributed by atoms with Crippen LogP contribution in [0, 0.1) is 0 Å². The number of hydrogen-bond donors (Lipinski definition) is 1. The molecule has 0 bridgehead atoms. The molecule has 6 heteroatoms. The first-order chi connectivity index (χ1) is 6.41. The van der Waals surface area contributed by atoms with E-state index in [9.17, 15) is 0 Å². The van der Waals surface area contributed by atoms with Crippen molar-refractivity contribution in [3.63, 3.8) is 0 Å². The standard InChI is InChI=1S/C7H16N4O2/c8-2-1-4-12-6-7-13-5-3-10-11-9/h1-8H2. The molecule has 0 fully saturated rings. The molecular weight excluding hydrogens is 172 g/mol. The molecule has 6 nitrogen and oxygen atoms in total. The average Bonchev–Trinajstić information content (AvgIpc) is 2.16. The molecule has 0 rings (SSSR count). The molecule has 13 heavy (non-hydrogen) atoms. The predicted octanol–water partition coefficient (Wildman–Crippen LogP) is 0.679. The maximum Gasteiger partial charge on any atom is 0.0700 e. The van der Waals surface area contributed by atoms with Crippen LogP contribution in [0.1, 0.15) is 6.42 Å². The van der Waals surface area contributed by atoms with E-state index >= 15 is 0 Å². The summed E-state index contributed by atoms with van der Waals surface area (Å²) in [6.45, 7) is 3.25. The summed E-state index contributed by atoms with van der Waals surface area (Å²) in [6, 6.07) is 0. The number of hydrogen-bond acceptors (Lipinski definition) is 4. The maximum absolute atomic E-state index is 7.93. The Bertz CT molecular complexity index is 147. The van der Waals surface area contributed by atoms with Gasteiger partial charge in [-0.1, -0.05) is 5.11 Å². The molecule has 0 aromatic heterocycles. The second kappa shape index (κ2) is 11.2. The third-order valence-corrected chi connectivity index (χ3v) is 1.26. The van der Waals surface area contributed by atoms with Gasteiger partial charge in [-0.3, -0.25) is 0 Å². The highest BCUT2D eigenvalue weighted by Crippen LogP contribution is 1.82. The SMILES string of the molecule is [N-]=[N+]=NCCOCCOCCCN. The van der Waals surface area contributed by atoms with Crippen LogP contribution >= 0.6 is 0 Å². The van der Waals surface area contributed by atoms with E-state index in [1.54, 1.807) is 0 Å². The molecule has 0 heterocycles. The fraction of sp³-hybridized carbons (Fsp3) is 1.00. The zero-order valence-electron chi connectivity index (χ0n) is 7.69. The van der Waals surface area contributed by atoms with Crippen molar-refractivity contribution in [1.29, 1.82) is 0 Å². The normalized spacial score (nSPS) is 9.62. The molecule has 0 saturated heterocycles. The summed E-state index contributed by atoms with van der Waals surface area (Å²) in [5.74, 6) is 0. The van der Waals surface area contributed by atoms with Gasteiger partial charge in [0.05, 0.1) is 19.8 Å². The molecular formula is C7H16N4O2. The lowest BCUT2D eigenvalue weighted by molar-refractivity contribution is 0.0504. The molecule has 0 unspecified atom stereocenters. The molecule has 0 amide bonds. The van der Waals surface area contributed by atoms with Crippen molar-refractivity contribution in [3.05, 3.63) is 10.4 Å². The van der Waals surface area contributed by atoms with E-state index in [0.29, 0.717) is 39.5 Å². The summed E-state index contributed by atoms with van der Waals surface area (Å²) in [4.78, 5) is 2.59. The second-order valence-corrected chi connectivity index (χ2v) is 2.32. The maximum atomic E-state index is 7.93. The van der Waals surface area contributed by atoms with Crippen molar-refractivity contribution in [1.82, 2.24) is 0 Å². The fourth-order valence-corrected chi connectivity index (χ4v) is 0.657. The van der Waals surface area contributed by atoms with Gasteiger partial charge < -0.3 is 15.2 Å². The van der Waals surface area contributed by atoms with Gasteiger partial charge >= 0.3 is 0 Å². The Morgan fingerprint density at radius 2 is 1.85 bits per heavy atom. The van der Waals surface area contributed by atoms with Crippen LogP contribution in [0.5, 0.6) is 0 Å². The summed E-state index contributed by atoms with van der Waals surface area (Å²) in [6.07, 6.45) is 0.874. The molecule has 0 aromatic carbocycles. The Morgan fingerprint density at radius 3 is 2.46 bits per heavy atom.